The molecule has 2 aliphatic rings. The van der Waals surface area contributed by atoms with Crippen molar-refractivity contribution >= 4 is 11.8 Å². The molecular formula is C24H31NO4. The van der Waals surface area contributed by atoms with Crippen LogP contribution in [0.25, 0.3) is 23.2 Å². The van der Waals surface area contributed by atoms with Gasteiger partial charge in [0, 0.05) is 26.1 Å². The standard InChI is InChI=1S/C24H29NO4.H2/c26-19-17-22(18-9-3-1-4-10-18)29-20-11-12-21(24(27)23(19)20)28-16-8-7-15-25-13-5-2-6-14-25;/h1,3-4,9-11,17,21,27H,2,5-8,12-16H2;1H. The molecule has 2 aromatic rings. The topological polar surface area (TPSA) is 62.9 Å². The second-order valence-corrected chi connectivity index (χ2v) is 7.87. The highest BCUT2D eigenvalue weighted by atomic mass is 16.5. The van der Waals surface area contributed by atoms with Crippen LogP contribution >= 0.6 is 0 Å². The number of likely N-dealkylation sites (tertiary alicyclic amines) is 1. The Bertz CT molecular complexity index is 996. The fraction of sp³-hybridized carbons (Fsp3) is 0.458. The molecule has 1 saturated heterocycles. The number of aliphatic hydroxyl groups excluding tert-OH is 1. The Morgan fingerprint density at radius 2 is 1.93 bits per heavy atom. The average Bonchev–Trinajstić information content (AvgIpc) is 2.76. The first kappa shape index (κ1) is 19.9. The van der Waals surface area contributed by atoms with Crippen molar-refractivity contribution < 1.29 is 15.7 Å². The lowest BCUT2D eigenvalue weighted by atomic mass is 10.1. The molecule has 156 valence electrons. The Balaban J connectivity index is 0.00000256. The molecule has 1 fully saturated rings. The van der Waals surface area contributed by atoms with E-state index < -0.39 is 6.10 Å². The average molecular weight is 398 g/mol. The first-order chi connectivity index (χ1) is 14.2. The Labute approximate surface area is 172 Å². The fourth-order valence-corrected chi connectivity index (χ4v) is 4.13. The van der Waals surface area contributed by atoms with E-state index in [9.17, 15) is 9.90 Å². The van der Waals surface area contributed by atoms with Crippen LogP contribution in [0.3, 0.4) is 0 Å². The zero-order chi connectivity index (χ0) is 20.1. The third-order valence-electron chi connectivity index (χ3n) is 5.75. The Morgan fingerprint density at radius 1 is 1.14 bits per heavy atom. The Kier molecular flexibility index (Phi) is 6.47. The predicted octanol–water partition coefficient (Wildman–Crippen LogP) is 3.05. The maximum absolute atomic E-state index is 12.6. The highest BCUT2D eigenvalue weighted by molar-refractivity contribution is 5.57. The number of piperidine rings is 1. The third kappa shape index (κ3) is 4.80. The summed E-state index contributed by atoms with van der Waals surface area (Å²) in [6.07, 6.45) is 7.91. The number of nitrogens with zero attached hydrogens (tertiary/aromatic N) is 1. The van der Waals surface area contributed by atoms with Crippen molar-refractivity contribution in [3.63, 3.8) is 0 Å². The van der Waals surface area contributed by atoms with E-state index in [1.54, 1.807) is 0 Å². The first-order valence-electron chi connectivity index (χ1n) is 10.7. The maximum Gasteiger partial charge on any atom is 0.196 e. The van der Waals surface area contributed by atoms with Crippen molar-refractivity contribution in [1.29, 1.82) is 0 Å². The molecule has 1 N–H and O–H groups in total. The van der Waals surface area contributed by atoms with E-state index in [1.807, 2.05) is 36.4 Å². The van der Waals surface area contributed by atoms with Crippen LogP contribution in [0.5, 0.6) is 0 Å². The van der Waals surface area contributed by atoms with Gasteiger partial charge in [-0.1, -0.05) is 36.8 Å². The molecule has 0 spiro atoms. The van der Waals surface area contributed by atoms with Gasteiger partial charge in [0.1, 0.15) is 28.3 Å². The lowest BCUT2D eigenvalue weighted by molar-refractivity contribution is 0.0715. The van der Waals surface area contributed by atoms with Crippen molar-refractivity contribution in [1.82, 2.24) is 4.90 Å². The van der Waals surface area contributed by atoms with E-state index in [1.165, 1.54) is 38.4 Å². The van der Waals surface area contributed by atoms with Crippen molar-refractivity contribution in [2.24, 2.45) is 0 Å². The van der Waals surface area contributed by atoms with Crippen molar-refractivity contribution in [2.75, 3.05) is 26.2 Å². The summed E-state index contributed by atoms with van der Waals surface area (Å²) in [5, 5.41) is 10.9. The minimum absolute atomic E-state index is 0. The maximum atomic E-state index is 12.6. The minimum atomic E-state index is -0.469. The molecule has 1 aliphatic carbocycles. The molecule has 0 radical (unpaired) electrons. The molecule has 1 aromatic carbocycles. The smallest absolute Gasteiger partial charge is 0.196 e. The van der Waals surface area contributed by atoms with E-state index in [4.69, 9.17) is 9.15 Å². The summed E-state index contributed by atoms with van der Waals surface area (Å²) in [7, 11) is 0. The second-order valence-electron chi connectivity index (χ2n) is 7.87. The van der Waals surface area contributed by atoms with Gasteiger partial charge in [-0.15, -0.1) is 0 Å². The van der Waals surface area contributed by atoms with Gasteiger partial charge in [0.05, 0.1) is 0 Å². The van der Waals surface area contributed by atoms with Crippen LogP contribution in [-0.4, -0.2) is 42.4 Å². The Morgan fingerprint density at radius 3 is 2.72 bits per heavy atom. The van der Waals surface area contributed by atoms with Gasteiger partial charge in [0.15, 0.2) is 5.43 Å². The van der Waals surface area contributed by atoms with Gasteiger partial charge in [-0.3, -0.25) is 4.79 Å². The fourth-order valence-electron chi connectivity index (χ4n) is 4.13. The summed E-state index contributed by atoms with van der Waals surface area (Å²) in [5.74, 6) is 0.502. The van der Waals surface area contributed by atoms with Gasteiger partial charge in [-0.2, -0.15) is 0 Å². The molecule has 0 amide bonds. The number of hydrogen-bond acceptors (Lipinski definition) is 5. The summed E-state index contributed by atoms with van der Waals surface area (Å²) in [4.78, 5) is 15.2. The van der Waals surface area contributed by atoms with E-state index in [-0.39, 0.29) is 17.8 Å². The van der Waals surface area contributed by atoms with Gasteiger partial charge in [0.25, 0.3) is 0 Å². The molecular weight excluding hydrogens is 366 g/mol. The number of ether oxygens (including phenoxy) is 1. The molecule has 2 heterocycles. The first-order valence-corrected chi connectivity index (χ1v) is 10.7. The van der Waals surface area contributed by atoms with Crippen LogP contribution in [0, 0.1) is 0 Å². The number of unbranched alkanes of at least 4 members (excludes halogenated alkanes) is 1. The summed E-state index contributed by atoms with van der Waals surface area (Å²) < 4.78 is 11.8. The third-order valence-corrected chi connectivity index (χ3v) is 5.75. The lowest BCUT2D eigenvalue weighted by Gasteiger charge is -2.26. The zero-order valence-electron chi connectivity index (χ0n) is 16.8. The summed E-state index contributed by atoms with van der Waals surface area (Å²) in [6, 6.07) is 11.0. The van der Waals surface area contributed by atoms with Crippen LogP contribution in [-0.2, 0) is 4.74 Å². The number of aliphatic hydroxyl groups is 1. The molecule has 4 rings (SSSR count). The lowest BCUT2D eigenvalue weighted by Crippen LogP contribution is -2.45. The van der Waals surface area contributed by atoms with Gasteiger partial charge in [-0.25, -0.2) is 0 Å². The SMILES string of the molecule is O=c1cc(-c2ccccc2)oc2c1=C(O)C(OCCCCN1CCCCC1)CC=2.[HH]. The Hall–Kier alpha value is -2.37. The largest absolute Gasteiger partial charge is 0.509 e. The van der Waals surface area contributed by atoms with E-state index in [2.05, 4.69) is 4.90 Å². The van der Waals surface area contributed by atoms with Crippen molar-refractivity contribution in [2.45, 2.75) is 44.6 Å². The van der Waals surface area contributed by atoms with E-state index in [0.717, 1.165) is 24.9 Å². The second kappa shape index (κ2) is 9.42. The van der Waals surface area contributed by atoms with Gasteiger partial charge >= 0.3 is 0 Å². The number of rotatable bonds is 7. The number of fused-ring (bicyclic) bond motifs is 1. The highest BCUT2D eigenvalue weighted by Gasteiger charge is 2.21. The molecule has 1 aliphatic heterocycles. The molecule has 0 bridgehead atoms. The van der Waals surface area contributed by atoms with Crippen LogP contribution < -0.4 is 16.1 Å². The molecule has 5 nitrogen and oxygen atoms in total. The quantitative estimate of drug-likeness (QED) is 0.728. The molecule has 1 atom stereocenters. The molecule has 29 heavy (non-hydrogen) atoms. The normalized spacial score (nSPS) is 19.6. The monoisotopic (exact) mass is 397 g/mol. The van der Waals surface area contributed by atoms with Gasteiger partial charge in [-0.05, 0) is 51.4 Å². The molecule has 5 heteroatoms. The molecule has 1 unspecified atom stereocenters. The summed E-state index contributed by atoms with van der Waals surface area (Å²) >= 11 is 0. The van der Waals surface area contributed by atoms with Gasteiger partial charge in [0.2, 0.25) is 0 Å². The predicted molar refractivity (Wildman–Crippen MR) is 116 cm³/mol. The zero-order valence-corrected chi connectivity index (χ0v) is 16.8. The summed E-state index contributed by atoms with van der Waals surface area (Å²) in [6.45, 7) is 4.12. The van der Waals surface area contributed by atoms with E-state index >= 15 is 0 Å². The highest BCUT2D eigenvalue weighted by Crippen LogP contribution is 2.17. The minimum Gasteiger partial charge on any atom is -0.509 e. The molecule has 0 saturated carbocycles. The van der Waals surface area contributed by atoms with E-state index in [0.29, 0.717) is 24.2 Å². The van der Waals surface area contributed by atoms with Crippen LogP contribution in [0.1, 0.15) is 40.0 Å². The van der Waals surface area contributed by atoms with Crippen LogP contribution in [0.15, 0.2) is 45.6 Å². The molecule has 1 aromatic heterocycles. The van der Waals surface area contributed by atoms with Crippen molar-refractivity contribution in [3.8, 4) is 11.3 Å². The summed E-state index contributed by atoms with van der Waals surface area (Å²) in [5.41, 5.74) is 1.03. The van der Waals surface area contributed by atoms with Crippen LogP contribution in [0.2, 0.25) is 0 Å². The number of hydrogen-bond donors (Lipinski definition) is 1. The van der Waals surface area contributed by atoms with Crippen LogP contribution in [0.4, 0.5) is 0 Å². The number of benzene rings is 1. The van der Waals surface area contributed by atoms with Gasteiger partial charge < -0.3 is 19.2 Å². The van der Waals surface area contributed by atoms with Crippen molar-refractivity contribution in [3.05, 3.63) is 57.3 Å².